The van der Waals surface area contributed by atoms with Crippen LogP contribution >= 0.6 is 22.6 Å². The van der Waals surface area contributed by atoms with E-state index in [-0.39, 0.29) is 0 Å². The number of hydrogen-bond donors (Lipinski definition) is 0. The summed E-state index contributed by atoms with van der Waals surface area (Å²) in [6, 6.07) is 17.6. The SMILES string of the molecule is C[Si](C)(C)C#Cc1ccc2c(ccc3cc(I)ccc32)c1. The standard InChI is InChI=1S/C19H17ISi/c1-21(2,3)11-10-14-4-8-18-15(12-14)5-6-16-13-17(20)7-9-19(16)18/h4-9,12-13H,1-3H3. The predicted octanol–water partition coefficient (Wildman–Crippen LogP) is 5.83. The highest BCUT2D eigenvalue weighted by Gasteiger charge is 2.07. The molecule has 0 nitrogen and oxygen atoms in total. The molecule has 0 heterocycles. The summed E-state index contributed by atoms with van der Waals surface area (Å²) in [6.07, 6.45) is 0. The van der Waals surface area contributed by atoms with E-state index < -0.39 is 8.07 Å². The summed E-state index contributed by atoms with van der Waals surface area (Å²) in [6.45, 7) is 6.82. The highest BCUT2D eigenvalue weighted by Crippen LogP contribution is 2.27. The summed E-state index contributed by atoms with van der Waals surface area (Å²) in [5.41, 5.74) is 4.56. The zero-order valence-electron chi connectivity index (χ0n) is 12.5. The van der Waals surface area contributed by atoms with Crippen molar-refractivity contribution in [2.45, 2.75) is 19.6 Å². The Balaban J connectivity index is 2.17. The lowest BCUT2D eigenvalue weighted by Crippen LogP contribution is -2.16. The van der Waals surface area contributed by atoms with Crippen LogP contribution < -0.4 is 0 Å². The minimum absolute atomic E-state index is 1.12. The lowest BCUT2D eigenvalue weighted by molar-refractivity contribution is 1.69. The monoisotopic (exact) mass is 400 g/mol. The Labute approximate surface area is 140 Å². The average molecular weight is 400 g/mol. The smallest absolute Gasteiger partial charge is 0.127 e. The molecule has 0 unspecified atom stereocenters. The highest BCUT2D eigenvalue weighted by atomic mass is 127. The van der Waals surface area contributed by atoms with Gasteiger partial charge in [0, 0.05) is 9.13 Å². The zero-order valence-corrected chi connectivity index (χ0v) is 15.7. The van der Waals surface area contributed by atoms with Crippen LogP contribution in [0.1, 0.15) is 5.56 Å². The van der Waals surface area contributed by atoms with Gasteiger partial charge >= 0.3 is 0 Å². The van der Waals surface area contributed by atoms with Gasteiger partial charge in [-0.1, -0.05) is 49.8 Å². The van der Waals surface area contributed by atoms with Gasteiger partial charge in [-0.15, -0.1) is 5.54 Å². The largest absolute Gasteiger partial charge is 0.129 e. The van der Waals surface area contributed by atoms with E-state index in [1.165, 1.54) is 25.1 Å². The average Bonchev–Trinajstić information content (AvgIpc) is 2.43. The predicted molar refractivity (Wildman–Crippen MR) is 104 cm³/mol. The van der Waals surface area contributed by atoms with Crippen molar-refractivity contribution in [1.82, 2.24) is 0 Å². The third kappa shape index (κ3) is 3.30. The van der Waals surface area contributed by atoms with Crippen molar-refractivity contribution in [2.75, 3.05) is 0 Å². The molecule has 0 saturated carbocycles. The molecule has 0 N–H and O–H groups in total. The van der Waals surface area contributed by atoms with E-state index in [0.717, 1.165) is 5.56 Å². The Morgan fingerprint density at radius 3 is 2.10 bits per heavy atom. The molecule has 3 rings (SSSR count). The molecule has 0 aliphatic carbocycles. The minimum atomic E-state index is -1.32. The molecule has 0 aliphatic heterocycles. The lowest BCUT2D eigenvalue weighted by Gasteiger charge is -2.06. The van der Waals surface area contributed by atoms with Crippen LogP contribution in [0.25, 0.3) is 21.5 Å². The van der Waals surface area contributed by atoms with Crippen LogP contribution in [0.15, 0.2) is 48.5 Å². The first kappa shape index (κ1) is 14.6. The topological polar surface area (TPSA) is 0 Å². The van der Waals surface area contributed by atoms with Gasteiger partial charge < -0.3 is 0 Å². The fraction of sp³-hybridized carbons (Fsp3) is 0.158. The first-order valence-corrected chi connectivity index (χ1v) is 11.7. The van der Waals surface area contributed by atoms with Crippen molar-refractivity contribution in [2.24, 2.45) is 0 Å². The van der Waals surface area contributed by atoms with Gasteiger partial charge in [-0.25, -0.2) is 0 Å². The van der Waals surface area contributed by atoms with Gasteiger partial charge in [0.15, 0.2) is 0 Å². The molecular weight excluding hydrogens is 383 g/mol. The van der Waals surface area contributed by atoms with Crippen LogP contribution in [0.4, 0.5) is 0 Å². The third-order valence-electron chi connectivity index (χ3n) is 3.38. The Hall–Kier alpha value is -1.31. The Bertz CT molecular complexity index is 892. The summed E-state index contributed by atoms with van der Waals surface area (Å²) in [7, 11) is -1.32. The van der Waals surface area contributed by atoms with Gasteiger partial charge in [-0.05, 0) is 68.4 Å². The first-order valence-electron chi connectivity index (χ1n) is 7.08. The molecule has 2 heteroatoms. The Morgan fingerprint density at radius 2 is 1.43 bits per heavy atom. The van der Waals surface area contributed by atoms with Crippen LogP contribution in [-0.4, -0.2) is 8.07 Å². The zero-order chi connectivity index (χ0) is 15.0. The molecular formula is C19H17ISi. The van der Waals surface area contributed by atoms with Gasteiger partial charge in [0.25, 0.3) is 0 Å². The lowest BCUT2D eigenvalue weighted by atomic mass is 10.0. The van der Waals surface area contributed by atoms with E-state index in [4.69, 9.17) is 0 Å². The maximum Gasteiger partial charge on any atom is 0.129 e. The fourth-order valence-electron chi connectivity index (χ4n) is 2.38. The van der Waals surface area contributed by atoms with Crippen molar-refractivity contribution in [1.29, 1.82) is 0 Å². The number of halogens is 1. The molecule has 3 aromatic carbocycles. The minimum Gasteiger partial charge on any atom is -0.127 e. The van der Waals surface area contributed by atoms with Gasteiger partial charge in [0.05, 0.1) is 0 Å². The summed E-state index contributed by atoms with van der Waals surface area (Å²) in [4.78, 5) is 0. The number of benzene rings is 3. The maximum atomic E-state index is 3.44. The van der Waals surface area contributed by atoms with E-state index in [2.05, 4.69) is 102 Å². The molecule has 0 aliphatic rings. The number of hydrogen-bond acceptors (Lipinski definition) is 0. The molecule has 0 atom stereocenters. The second-order valence-electron chi connectivity index (χ2n) is 6.37. The van der Waals surface area contributed by atoms with E-state index in [0.29, 0.717) is 0 Å². The van der Waals surface area contributed by atoms with Crippen molar-refractivity contribution in [3.05, 3.63) is 57.7 Å². The van der Waals surface area contributed by atoms with Crippen molar-refractivity contribution in [3.63, 3.8) is 0 Å². The summed E-state index contributed by atoms with van der Waals surface area (Å²) in [5.74, 6) is 3.34. The summed E-state index contributed by atoms with van der Waals surface area (Å²) in [5, 5.41) is 5.20. The molecule has 21 heavy (non-hydrogen) atoms. The molecule has 0 fully saturated rings. The quantitative estimate of drug-likeness (QED) is 0.193. The van der Waals surface area contributed by atoms with Gasteiger partial charge in [-0.3, -0.25) is 0 Å². The molecule has 0 bridgehead atoms. The molecule has 0 spiro atoms. The second kappa shape index (κ2) is 5.47. The molecule has 104 valence electrons. The van der Waals surface area contributed by atoms with Gasteiger partial charge in [-0.2, -0.15) is 0 Å². The molecule has 0 amide bonds. The van der Waals surface area contributed by atoms with Crippen LogP contribution in [0, 0.1) is 15.0 Å². The van der Waals surface area contributed by atoms with Crippen LogP contribution in [-0.2, 0) is 0 Å². The van der Waals surface area contributed by atoms with Crippen molar-refractivity contribution in [3.8, 4) is 11.5 Å². The van der Waals surface area contributed by atoms with Crippen LogP contribution in [0.2, 0.25) is 19.6 Å². The van der Waals surface area contributed by atoms with Crippen molar-refractivity contribution < 1.29 is 0 Å². The summed E-state index contributed by atoms with van der Waals surface area (Å²) < 4.78 is 1.28. The Kier molecular flexibility index (Phi) is 3.81. The second-order valence-corrected chi connectivity index (χ2v) is 12.4. The van der Waals surface area contributed by atoms with Crippen molar-refractivity contribution >= 4 is 52.2 Å². The van der Waals surface area contributed by atoms with E-state index in [1.807, 2.05) is 0 Å². The van der Waals surface area contributed by atoms with Gasteiger partial charge in [0.1, 0.15) is 8.07 Å². The third-order valence-corrected chi connectivity index (χ3v) is 4.93. The number of rotatable bonds is 0. The fourth-order valence-corrected chi connectivity index (χ4v) is 3.41. The van der Waals surface area contributed by atoms with Crippen LogP contribution in [0.3, 0.4) is 0 Å². The highest BCUT2D eigenvalue weighted by molar-refractivity contribution is 14.1. The van der Waals surface area contributed by atoms with E-state index >= 15 is 0 Å². The van der Waals surface area contributed by atoms with Crippen LogP contribution in [0.5, 0.6) is 0 Å². The van der Waals surface area contributed by atoms with Gasteiger partial charge in [0.2, 0.25) is 0 Å². The molecule has 3 aromatic rings. The molecule has 0 aromatic heterocycles. The summed E-state index contributed by atoms with van der Waals surface area (Å²) >= 11 is 2.36. The van der Waals surface area contributed by atoms with E-state index in [1.54, 1.807) is 0 Å². The molecule has 0 saturated heterocycles. The first-order chi connectivity index (χ1) is 9.92. The van der Waals surface area contributed by atoms with E-state index in [9.17, 15) is 0 Å². The Morgan fingerprint density at radius 1 is 0.810 bits per heavy atom. The number of fused-ring (bicyclic) bond motifs is 3. The molecule has 0 radical (unpaired) electrons. The normalized spacial score (nSPS) is 11.4. The maximum absolute atomic E-state index is 3.44.